The van der Waals surface area contributed by atoms with Crippen LogP contribution in [0.4, 0.5) is 4.39 Å². The number of fused-ring (bicyclic) bond motifs is 1. The van der Waals surface area contributed by atoms with E-state index in [1.807, 2.05) is 97.2 Å². The van der Waals surface area contributed by atoms with E-state index in [1.165, 1.54) is 21.9 Å². The first kappa shape index (κ1) is 30.5. The fourth-order valence-corrected chi connectivity index (χ4v) is 5.91. The van der Waals surface area contributed by atoms with Gasteiger partial charge in [-0.25, -0.2) is 9.07 Å². The third kappa shape index (κ3) is 6.69. The monoisotopic (exact) mass is 653 g/mol. The normalized spacial score (nSPS) is 11.8. The lowest BCUT2D eigenvalue weighted by Gasteiger charge is -2.08. The summed E-state index contributed by atoms with van der Waals surface area (Å²) in [6, 6.07) is 31.3. The van der Waals surface area contributed by atoms with E-state index < -0.39 is 0 Å². The van der Waals surface area contributed by atoms with Gasteiger partial charge in [-0.2, -0.15) is 14.6 Å². The molecule has 3 aromatic heterocycles. The Kier molecular flexibility index (Phi) is 8.71. The summed E-state index contributed by atoms with van der Waals surface area (Å²) in [5, 5.41) is 9.33. The molecule has 8 nitrogen and oxygen atoms in total. The van der Waals surface area contributed by atoms with Crippen molar-refractivity contribution in [3.63, 3.8) is 0 Å². The van der Waals surface area contributed by atoms with Crippen LogP contribution >= 0.6 is 11.3 Å². The van der Waals surface area contributed by atoms with Crippen molar-refractivity contribution in [2.24, 2.45) is 0 Å². The zero-order valence-corrected chi connectivity index (χ0v) is 26.4. The molecule has 0 atom stereocenters. The van der Waals surface area contributed by atoms with Crippen molar-refractivity contribution in [2.75, 3.05) is 6.61 Å². The number of aromatic nitrogens is 5. The highest BCUT2D eigenvalue weighted by molar-refractivity contribution is 7.15. The summed E-state index contributed by atoms with van der Waals surface area (Å²) in [6.45, 7) is 4.19. The van der Waals surface area contributed by atoms with Gasteiger partial charge in [0.25, 0.3) is 5.56 Å². The second-order valence-corrected chi connectivity index (χ2v) is 11.7. The van der Waals surface area contributed by atoms with Crippen LogP contribution in [0.15, 0.2) is 127 Å². The van der Waals surface area contributed by atoms with E-state index in [4.69, 9.17) is 14.6 Å². The van der Waals surface area contributed by atoms with E-state index in [-0.39, 0.29) is 18.0 Å². The summed E-state index contributed by atoms with van der Waals surface area (Å²) in [4.78, 5) is 18.5. The number of para-hydroxylation sites is 1. The van der Waals surface area contributed by atoms with Crippen molar-refractivity contribution < 1.29 is 13.9 Å². The van der Waals surface area contributed by atoms with Gasteiger partial charge in [-0.3, -0.25) is 4.79 Å². The average Bonchev–Trinajstić information content (AvgIpc) is 3.81. The molecule has 0 aliphatic carbocycles. The lowest BCUT2D eigenvalue weighted by atomic mass is 10.1. The maximum absolute atomic E-state index is 14.2. The van der Waals surface area contributed by atoms with Crippen LogP contribution in [0, 0.1) is 5.82 Å². The van der Waals surface area contributed by atoms with E-state index in [2.05, 4.69) is 16.7 Å². The topological polar surface area (TPSA) is 83.5 Å². The van der Waals surface area contributed by atoms with Crippen LogP contribution in [0.2, 0.25) is 0 Å². The van der Waals surface area contributed by atoms with Gasteiger partial charge >= 0.3 is 0 Å². The Morgan fingerprint density at radius 3 is 2.46 bits per heavy atom. The summed E-state index contributed by atoms with van der Waals surface area (Å²) in [5.74, 6) is 1.44. The number of benzene rings is 4. The molecule has 236 valence electrons. The van der Waals surface area contributed by atoms with E-state index in [9.17, 15) is 9.18 Å². The molecule has 48 heavy (non-hydrogen) atoms. The van der Waals surface area contributed by atoms with E-state index in [0.29, 0.717) is 38.9 Å². The van der Waals surface area contributed by atoms with Crippen molar-refractivity contribution >= 4 is 34.5 Å². The Bertz CT molecular complexity index is 2360. The minimum absolute atomic E-state index is 0.0869. The lowest BCUT2D eigenvalue weighted by Crippen LogP contribution is -2.23. The molecule has 4 aromatic carbocycles. The fraction of sp³-hybridized carbons (Fsp3) is 0.0526. The van der Waals surface area contributed by atoms with Gasteiger partial charge < -0.3 is 9.47 Å². The van der Waals surface area contributed by atoms with Crippen LogP contribution in [-0.2, 0) is 6.61 Å². The number of thiazole rings is 1. The molecule has 3 heterocycles. The van der Waals surface area contributed by atoms with Crippen LogP contribution in [-0.4, -0.2) is 31.0 Å². The maximum Gasteiger partial charge on any atom is 0.291 e. The molecule has 10 heteroatoms. The van der Waals surface area contributed by atoms with E-state index in [1.54, 1.807) is 35.0 Å². The van der Waals surface area contributed by atoms with E-state index in [0.717, 1.165) is 28.1 Å². The molecule has 0 saturated carbocycles. The summed E-state index contributed by atoms with van der Waals surface area (Å²) >= 11 is 1.26. The third-order valence-corrected chi connectivity index (χ3v) is 8.34. The molecule has 7 aromatic rings. The average molecular weight is 654 g/mol. The summed E-state index contributed by atoms with van der Waals surface area (Å²) in [6.07, 6.45) is 9.04. The minimum Gasteiger partial charge on any atom is -0.490 e. The van der Waals surface area contributed by atoms with Crippen molar-refractivity contribution in [3.05, 3.63) is 165 Å². The Balaban J connectivity index is 1.19. The van der Waals surface area contributed by atoms with Gasteiger partial charge in [0.1, 0.15) is 36.2 Å². The second kappa shape index (κ2) is 13.7. The summed E-state index contributed by atoms with van der Waals surface area (Å²) in [7, 11) is 0. The minimum atomic E-state index is -0.319. The Morgan fingerprint density at radius 2 is 1.67 bits per heavy atom. The molecule has 0 fully saturated rings. The largest absolute Gasteiger partial charge is 0.490 e. The second-order valence-electron chi connectivity index (χ2n) is 10.7. The molecule has 7 rings (SSSR count). The molecule has 0 aliphatic rings. The Hall–Kier alpha value is -6.13. The van der Waals surface area contributed by atoms with Crippen LogP contribution in [0.25, 0.3) is 40.1 Å². The number of ether oxygens (including phenoxy) is 2. The van der Waals surface area contributed by atoms with Crippen molar-refractivity contribution in [3.8, 4) is 28.4 Å². The Morgan fingerprint density at radius 1 is 0.854 bits per heavy atom. The number of rotatable bonds is 11. The predicted molar refractivity (Wildman–Crippen MR) is 187 cm³/mol. The van der Waals surface area contributed by atoms with E-state index >= 15 is 0 Å². The third-order valence-electron chi connectivity index (χ3n) is 7.38. The highest BCUT2D eigenvalue weighted by Crippen LogP contribution is 2.28. The van der Waals surface area contributed by atoms with Crippen molar-refractivity contribution in [1.82, 2.24) is 24.4 Å². The first-order chi connectivity index (χ1) is 23.5. The van der Waals surface area contributed by atoms with Gasteiger partial charge in [0.2, 0.25) is 4.96 Å². The van der Waals surface area contributed by atoms with Gasteiger partial charge in [0.15, 0.2) is 5.82 Å². The van der Waals surface area contributed by atoms with Gasteiger partial charge in [0.05, 0.1) is 10.2 Å². The standard InChI is InChI=1S/C38H28FN5O3S/c1-2-21-46-31-18-15-26(16-19-31)17-20-35-40-38-44(41-35)37(45)34(48-38)23-29-24-43(30-11-4-3-5-12-30)42-36(29)27-10-8-13-32(22-27)47-25-28-9-6-7-14-33(28)39/h2-20,22-24H,1,21,25H2/b20-17+,34-23-. The lowest BCUT2D eigenvalue weighted by molar-refractivity contribution is 0.300. The van der Waals surface area contributed by atoms with Crippen LogP contribution in [0.1, 0.15) is 22.5 Å². The molecule has 0 unspecified atom stereocenters. The van der Waals surface area contributed by atoms with Gasteiger partial charge in [-0.15, -0.1) is 5.10 Å². The van der Waals surface area contributed by atoms with Crippen LogP contribution in [0.5, 0.6) is 11.5 Å². The first-order valence-corrected chi connectivity index (χ1v) is 15.9. The number of halogens is 1. The number of hydrogen-bond donors (Lipinski definition) is 0. The van der Waals surface area contributed by atoms with Gasteiger partial charge in [-0.05, 0) is 60.2 Å². The summed E-state index contributed by atoms with van der Waals surface area (Å²) < 4.78 is 29.2. The molecular weight excluding hydrogens is 626 g/mol. The number of hydrogen-bond acceptors (Lipinski definition) is 7. The smallest absolute Gasteiger partial charge is 0.291 e. The number of nitrogens with zero attached hydrogens (tertiary/aromatic N) is 5. The molecule has 0 saturated heterocycles. The molecule has 0 bridgehead atoms. The fourth-order valence-electron chi connectivity index (χ4n) is 5.00. The molecule has 0 radical (unpaired) electrons. The SMILES string of the molecule is C=CCOc1ccc(/C=C/c2nc3s/c(=C\c4cn(-c5ccccc5)nc4-c4cccc(OCc5ccccc5F)c4)c(=O)n3n2)cc1. The molecular formula is C38H28FN5O3S. The highest BCUT2D eigenvalue weighted by Gasteiger charge is 2.15. The first-order valence-electron chi connectivity index (χ1n) is 15.1. The van der Waals surface area contributed by atoms with Gasteiger partial charge in [0, 0.05) is 22.9 Å². The Labute approximate surface area is 279 Å². The maximum atomic E-state index is 14.2. The van der Waals surface area contributed by atoms with Crippen molar-refractivity contribution in [1.29, 1.82) is 0 Å². The van der Waals surface area contributed by atoms with Crippen molar-refractivity contribution in [2.45, 2.75) is 6.61 Å². The zero-order chi connectivity index (χ0) is 32.9. The molecule has 0 aliphatic heterocycles. The van der Waals surface area contributed by atoms with Crippen LogP contribution in [0.3, 0.4) is 0 Å². The molecule has 0 N–H and O–H groups in total. The van der Waals surface area contributed by atoms with Crippen LogP contribution < -0.4 is 19.6 Å². The summed E-state index contributed by atoms with van der Waals surface area (Å²) in [5.41, 5.74) is 4.16. The predicted octanol–water partition coefficient (Wildman–Crippen LogP) is 7.00. The molecule has 0 amide bonds. The highest BCUT2D eigenvalue weighted by atomic mass is 32.1. The van der Waals surface area contributed by atoms with Gasteiger partial charge in [-0.1, -0.05) is 90.7 Å². The quantitative estimate of drug-likeness (QED) is 0.140. The molecule has 0 spiro atoms. The zero-order valence-electron chi connectivity index (χ0n) is 25.6.